The number of hydrogen-bond acceptors (Lipinski definition) is 11. The average Bonchev–Trinajstić information content (AvgIpc) is 3.20. The predicted molar refractivity (Wildman–Crippen MR) is 141 cm³/mol. The molecule has 1 aliphatic heterocycles. The highest BCUT2D eigenvalue weighted by atomic mass is 32.2. The minimum Gasteiger partial charge on any atom is -0.462 e. The SMILES string of the molecule is CC(C)OC(=O)C(C)NP(=O)(OCCSC(=O)C(C)(C)CO)OC[C@@H]1C[C@H](C)[C@H](n2ccc(=O)[nH]c2=O)O1. The van der Waals surface area contributed by atoms with Crippen LogP contribution in [0.25, 0.3) is 0 Å². The second-order valence-electron chi connectivity index (χ2n) is 10.0. The molecule has 0 saturated carbocycles. The third-order valence-corrected chi connectivity index (χ3v) is 8.49. The Hall–Kier alpha value is -1.80. The van der Waals surface area contributed by atoms with Crippen molar-refractivity contribution in [1.29, 1.82) is 0 Å². The summed E-state index contributed by atoms with van der Waals surface area (Å²) < 4.78 is 37.0. The van der Waals surface area contributed by atoms with Crippen LogP contribution >= 0.6 is 19.5 Å². The molecule has 1 aliphatic rings. The summed E-state index contributed by atoms with van der Waals surface area (Å²) in [5, 5.41) is 11.7. The molecule has 0 radical (unpaired) electrons. The van der Waals surface area contributed by atoms with Crippen LogP contribution in [0.2, 0.25) is 0 Å². The Bertz CT molecular complexity index is 1120. The third-order valence-electron chi connectivity index (χ3n) is 5.59. The summed E-state index contributed by atoms with van der Waals surface area (Å²) in [5.74, 6) is -0.640. The molecule has 0 spiro atoms. The number of thioether (sulfide) groups is 1. The Morgan fingerprint density at radius 3 is 2.61 bits per heavy atom. The third kappa shape index (κ3) is 9.44. The second-order valence-corrected chi connectivity index (χ2v) is 12.9. The summed E-state index contributed by atoms with van der Waals surface area (Å²) in [7, 11) is -4.08. The van der Waals surface area contributed by atoms with E-state index in [9.17, 15) is 28.8 Å². The van der Waals surface area contributed by atoms with E-state index in [4.69, 9.17) is 18.5 Å². The zero-order valence-corrected chi connectivity index (χ0v) is 24.2. The van der Waals surface area contributed by atoms with Gasteiger partial charge in [0.05, 0.1) is 37.4 Å². The fourth-order valence-corrected chi connectivity index (χ4v) is 5.89. The molecule has 0 aromatic carbocycles. The van der Waals surface area contributed by atoms with Gasteiger partial charge in [0.1, 0.15) is 12.3 Å². The van der Waals surface area contributed by atoms with Crippen molar-refractivity contribution in [2.24, 2.45) is 11.3 Å². The molecule has 15 heteroatoms. The summed E-state index contributed by atoms with van der Waals surface area (Å²) in [6, 6.07) is 0.191. The lowest BCUT2D eigenvalue weighted by molar-refractivity contribution is -0.149. The van der Waals surface area contributed by atoms with Crippen LogP contribution in [0.4, 0.5) is 0 Å². The predicted octanol–water partition coefficient (Wildman–Crippen LogP) is 1.81. The van der Waals surface area contributed by atoms with E-state index in [-0.39, 0.29) is 42.7 Å². The molecule has 2 heterocycles. The molecule has 216 valence electrons. The molecule has 2 unspecified atom stereocenters. The first-order valence-corrected chi connectivity index (χ1v) is 14.8. The largest absolute Gasteiger partial charge is 0.462 e. The number of carbonyl (C=O) groups excluding carboxylic acids is 2. The molecular formula is C23H38N3O10PS. The number of carbonyl (C=O) groups is 2. The molecule has 13 nitrogen and oxygen atoms in total. The van der Waals surface area contributed by atoms with Crippen molar-refractivity contribution in [3.05, 3.63) is 33.1 Å². The lowest BCUT2D eigenvalue weighted by atomic mass is 9.97. The molecule has 0 amide bonds. The average molecular weight is 580 g/mol. The molecule has 3 N–H and O–H groups in total. The van der Waals surface area contributed by atoms with Gasteiger partial charge in [0.25, 0.3) is 5.56 Å². The first-order valence-electron chi connectivity index (χ1n) is 12.3. The van der Waals surface area contributed by atoms with E-state index >= 15 is 0 Å². The van der Waals surface area contributed by atoms with Crippen molar-refractivity contribution < 1.29 is 37.8 Å². The van der Waals surface area contributed by atoms with E-state index < -0.39 is 48.8 Å². The van der Waals surface area contributed by atoms with Crippen molar-refractivity contribution in [2.45, 2.75) is 72.4 Å². The number of aromatic nitrogens is 2. The maximum absolute atomic E-state index is 13.5. The number of hydrogen-bond donors (Lipinski definition) is 3. The van der Waals surface area contributed by atoms with E-state index in [1.807, 2.05) is 6.92 Å². The minimum atomic E-state index is -4.08. The Kier molecular flexibility index (Phi) is 12.0. The number of nitrogens with zero attached hydrogens (tertiary/aromatic N) is 1. The van der Waals surface area contributed by atoms with Gasteiger partial charge in [-0.25, -0.2) is 14.4 Å². The number of aliphatic hydroxyl groups is 1. The van der Waals surface area contributed by atoms with Crippen molar-refractivity contribution >= 4 is 30.6 Å². The summed E-state index contributed by atoms with van der Waals surface area (Å²) in [6.45, 7) is 9.26. The smallest absolute Gasteiger partial charge is 0.406 e. The van der Waals surface area contributed by atoms with E-state index in [1.54, 1.807) is 27.7 Å². The molecule has 1 fully saturated rings. The summed E-state index contributed by atoms with van der Waals surface area (Å²) >= 11 is 0.924. The maximum atomic E-state index is 13.5. The maximum Gasteiger partial charge on any atom is 0.406 e. The molecule has 1 saturated heterocycles. The van der Waals surface area contributed by atoms with Gasteiger partial charge in [0.2, 0.25) is 0 Å². The first kappa shape index (κ1) is 32.4. The highest BCUT2D eigenvalue weighted by Gasteiger charge is 2.38. The first-order chi connectivity index (χ1) is 17.7. The van der Waals surface area contributed by atoms with E-state index in [0.717, 1.165) is 11.8 Å². The van der Waals surface area contributed by atoms with Crippen LogP contribution in [0.3, 0.4) is 0 Å². The van der Waals surface area contributed by atoms with Crippen LogP contribution in [0, 0.1) is 11.3 Å². The van der Waals surface area contributed by atoms with Crippen LogP contribution < -0.4 is 16.3 Å². The molecule has 1 aromatic rings. The standard InChI is InChI=1S/C23H38N3O10PS/c1-14(2)35-20(29)16(4)25-37(32,33-9-10-38-21(30)23(5,6)13-27)34-12-17-11-15(3)19(36-17)26-8-7-18(28)24-22(26)31/h7-8,14-17,19,27H,9-13H2,1-6H3,(H,25,32)(H,24,28,31)/t15-,16?,17-,19+,37?/m0/s1. The van der Waals surface area contributed by atoms with Crippen LogP contribution in [0.5, 0.6) is 0 Å². The number of ether oxygens (including phenoxy) is 2. The lowest BCUT2D eigenvalue weighted by Gasteiger charge is -2.24. The van der Waals surface area contributed by atoms with Gasteiger partial charge in [0, 0.05) is 23.9 Å². The normalized spacial score (nSPS) is 22.3. The van der Waals surface area contributed by atoms with E-state index in [0.29, 0.717) is 6.42 Å². The fourth-order valence-electron chi connectivity index (χ4n) is 3.46. The highest BCUT2D eigenvalue weighted by Crippen LogP contribution is 2.46. The Morgan fingerprint density at radius 2 is 2.00 bits per heavy atom. The van der Waals surface area contributed by atoms with Crippen molar-refractivity contribution in [3.8, 4) is 0 Å². The molecule has 0 bridgehead atoms. The van der Waals surface area contributed by atoms with Crippen LogP contribution in [-0.2, 0) is 32.7 Å². The Labute approximate surface area is 225 Å². The van der Waals surface area contributed by atoms with Crippen molar-refractivity contribution in [1.82, 2.24) is 14.6 Å². The molecular weight excluding hydrogens is 541 g/mol. The van der Waals surface area contributed by atoms with E-state index in [1.165, 1.54) is 23.8 Å². The van der Waals surface area contributed by atoms with Crippen molar-refractivity contribution in [2.75, 3.05) is 25.6 Å². The zero-order valence-electron chi connectivity index (χ0n) is 22.5. The quantitative estimate of drug-likeness (QED) is 0.166. The van der Waals surface area contributed by atoms with Gasteiger partial charge in [-0.15, -0.1) is 0 Å². The fraction of sp³-hybridized carbons (Fsp3) is 0.739. The van der Waals surface area contributed by atoms with E-state index in [2.05, 4.69) is 10.1 Å². The molecule has 38 heavy (non-hydrogen) atoms. The van der Waals surface area contributed by atoms with Crippen LogP contribution in [0.1, 0.15) is 54.2 Å². The van der Waals surface area contributed by atoms with Gasteiger partial charge in [0.15, 0.2) is 5.12 Å². The minimum absolute atomic E-state index is 0.127. The molecule has 5 atom stereocenters. The van der Waals surface area contributed by atoms with Crippen molar-refractivity contribution in [3.63, 3.8) is 0 Å². The molecule has 0 aliphatic carbocycles. The van der Waals surface area contributed by atoms with Gasteiger partial charge in [-0.3, -0.25) is 33.0 Å². The molecule has 2 rings (SSSR count). The second kappa shape index (κ2) is 14.0. The van der Waals surface area contributed by atoms with Gasteiger partial charge < -0.3 is 14.6 Å². The van der Waals surface area contributed by atoms with Gasteiger partial charge >= 0.3 is 19.4 Å². The summed E-state index contributed by atoms with van der Waals surface area (Å²) in [5.41, 5.74) is -2.06. The number of aliphatic hydroxyl groups excluding tert-OH is 1. The molecule has 1 aromatic heterocycles. The van der Waals surface area contributed by atoms with Gasteiger partial charge in [-0.1, -0.05) is 18.7 Å². The van der Waals surface area contributed by atoms with Gasteiger partial charge in [-0.2, -0.15) is 0 Å². The number of esters is 1. The topological polar surface area (TPSA) is 175 Å². The zero-order chi connectivity index (χ0) is 28.7. The number of aromatic amines is 1. The number of H-pyrrole nitrogens is 1. The van der Waals surface area contributed by atoms with Gasteiger partial charge in [-0.05, 0) is 41.0 Å². The highest BCUT2D eigenvalue weighted by molar-refractivity contribution is 8.13. The monoisotopic (exact) mass is 579 g/mol. The van der Waals surface area contributed by atoms with Crippen LogP contribution in [0.15, 0.2) is 21.9 Å². The summed E-state index contributed by atoms with van der Waals surface area (Å²) in [4.78, 5) is 50.2. The Morgan fingerprint density at radius 1 is 1.32 bits per heavy atom. The number of nitrogens with one attached hydrogen (secondary N) is 2. The summed E-state index contributed by atoms with van der Waals surface area (Å²) in [6.07, 6.45) is 0.194. The number of rotatable bonds is 14. The lowest BCUT2D eigenvalue weighted by Crippen LogP contribution is -2.36. The van der Waals surface area contributed by atoms with Crippen LogP contribution in [-0.4, -0.2) is 69.6 Å². The Balaban J connectivity index is 2.05.